The molecule has 0 atom stereocenters. The van der Waals surface area contributed by atoms with Gasteiger partial charge < -0.3 is 0 Å². The minimum atomic E-state index is 0.881. The van der Waals surface area contributed by atoms with Crippen molar-refractivity contribution in [2.24, 2.45) is 11.8 Å². The monoisotopic (exact) mass is 565 g/mol. The van der Waals surface area contributed by atoms with Gasteiger partial charge in [-0.1, -0.05) is 195 Å². The second-order valence-corrected chi connectivity index (χ2v) is 14.1. The van der Waals surface area contributed by atoms with E-state index in [4.69, 9.17) is 0 Å². The van der Waals surface area contributed by atoms with Crippen LogP contribution in [0.15, 0.2) is 0 Å². The summed E-state index contributed by atoms with van der Waals surface area (Å²) in [7, 11) is 0. The lowest BCUT2D eigenvalue weighted by molar-refractivity contribution is 0.177. The molecule has 0 aliphatic heterocycles. The molecule has 0 aliphatic rings. The first kappa shape index (κ1) is 39.9. The van der Waals surface area contributed by atoms with Gasteiger partial charge in [0.15, 0.2) is 0 Å². The summed E-state index contributed by atoms with van der Waals surface area (Å²) in [4.78, 5) is 0. The molecule has 2 heteroatoms. The molecule has 0 aromatic carbocycles. The van der Waals surface area contributed by atoms with Crippen LogP contribution in [0.4, 0.5) is 0 Å². The lowest BCUT2D eigenvalue weighted by Crippen LogP contribution is -2.40. The van der Waals surface area contributed by atoms with Gasteiger partial charge in [-0.2, -0.15) is 0 Å². The summed E-state index contributed by atoms with van der Waals surface area (Å²) < 4.78 is 0. The maximum atomic E-state index is 3.85. The number of unbranched alkanes of at least 4 members (excludes halogenated alkanes) is 23. The van der Waals surface area contributed by atoms with Crippen LogP contribution < -0.4 is 5.43 Å². The summed E-state index contributed by atoms with van der Waals surface area (Å²) in [6.07, 6.45) is 40.0. The zero-order chi connectivity index (χ0) is 29.4. The molecule has 0 radical (unpaired) electrons. The molecule has 2 nitrogen and oxygen atoms in total. The van der Waals surface area contributed by atoms with Crippen molar-refractivity contribution in [2.45, 2.75) is 214 Å². The van der Waals surface area contributed by atoms with Gasteiger partial charge in [-0.05, 0) is 31.1 Å². The van der Waals surface area contributed by atoms with Crippen molar-refractivity contribution in [1.29, 1.82) is 0 Å². The largest absolute Gasteiger partial charge is 0.255 e. The van der Waals surface area contributed by atoms with Gasteiger partial charge in [0.05, 0.1) is 0 Å². The van der Waals surface area contributed by atoms with E-state index in [0.717, 1.165) is 11.8 Å². The van der Waals surface area contributed by atoms with Crippen molar-refractivity contribution in [2.75, 3.05) is 19.6 Å². The normalized spacial score (nSPS) is 12.0. The Morgan fingerprint density at radius 1 is 0.375 bits per heavy atom. The lowest BCUT2D eigenvalue weighted by Gasteiger charge is -2.23. The second-order valence-electron chi connectivity index (χ2n) is 14.1. The first-order valence-corrected chi connectivity index (χ1v) is 19.0. The molecule has 1 N–H and O–H groups in total. The van der Waals surface area contributed by atoms with E-state index in [9.17, 15) is 0 Å². The number of rotatable bonds is 34. The lowest BCUT2D eigenvalue weighted by atomic mass is 10.0. The van der Waals surface area contributed by atoms with Crippen LogP contribution in [0, 0.1) is 11.8 Å². The maximum absolute atomic E-state index is 3.85. The molecule has 40 heavy (non-hydrogen) atoms. The molecular weight excluding hydrogens is 484 g/mol. The Morgan fingerprint density at radius 3 is 1.02 bits per heavy atom. The zero-order valence-electron chi connectivity index (χ0n) is 29.0. The highest BCUT2D eigenvalue weighted by Gasteiger charge is 2.05. The van der Waals surface area contributed by atoms with Crippen LogP contribution in [0.25, 0.3) is 0 Å². The van der Waals surface area contributed by atoms with E-state index >= 15 is 0 Å². The Labute approximate surface area is 256 Å². The van der Waals surface area contributed by atoms with Crippen molar-refractivity contribution in [1.82, 2.24) is 10.4 Å². The quantitative estimate of drug-likeness (QED) is 0.0617. The van der Waals surface area contributed by atoms with Crippen LogP contribution >= 0.6 is 0 Å². The van der Waals surface area contributed by atoms with Gasteiger partial charge in [0.2, 0.25) is 0 Å². The number of nitrogens with zero attached hydrogens (tertiary/aromatic N) is 1. The van der Waals surface area contributed by atoms with Crippen molar-refractivity contribution >= 4 is 0 Å². The van der Waals surface area contributed by atoms with Gasteiger partial charge in [0.25, 0.3) is 0 Å². The highest BCUT2D eigenvalue weighted by molar-refractivity contribution is 4.58. The Hall–Kier alpha value is -0.0800. The SMILES string of the molecule is CCCCCCCCCCCCNN(CCCCCCCCCCC(C)C)CCCCCCCCCCC(C)C. The minimum Gasteiger partial charge on any atom is -0.255 e. The molecule has 0 aliphatic carbocycles. The number of hydrazine groups is 1. The molecule has 0 bridgehead atoms. The van der Waals surface area contributed by atoms with Gasteiger partial charge in [0.1, 0.15) is 0 Å². The van der Waals surface area contributed by atoms with Crippen molar-refractivity contribution < 1.29 is 0 Å². The maximum Gasteiger partial charge on any atom is 0.0130 e. The van der Waals surface area contributed by atoms with Crippen LogP contribution in [-0.2, 0) is 0 Å². The Kier molecular flexibility index (Phi) is 33.4. The van der Waals surface area contributed by atoms with Gasteiger partial charge in [0, 0.05) is 19.6 Å². The number of nitrogens with one attached hydrogen (secondary N) is 1. The van der Waals surface area contributed by atoms with Crippen molar-refractivity contribution in [3.05, 3.63) is 0 Å². The van der Waals surface area contributed by atoms with Crippen LogP contribution in [0.1, 0.15) is 214 Å². The molecule has 0 heterocycles. The molecule has 0 fully saturated rings. The van der Waals surface area contributed by atoms with Crippen molar-refractivity contribution in [3.63, 3.8) is 0 Å². The first-order chi connectivity index (χ1) is 19.6. The average molecular weight is 565 g/mol. The molecule has 0 saturated carbocycles. The fraction of sp³-hybridized carbons (Fsp3) is 1.00. The van der Waals surface area contributed by atoms with Gasteiger partial charge >= 0.3 is 0 Å². The summed E-state index contributed by atoms with van der Waals surface area (Å²) in [6.45, 7) is 15.4. The average Bonchev–Trinajstić information content (AvgIpc) is 2.92. The van der Waals surface area contributed by atoms with E-state index in [1.54, 1.807) is 0 Å². The minimum absolute atomic E-state index is 0.881. The molecule has 0 aromatic heterocycles. The second kappa shape index (κ2) is 33.4. The zero-order valence-corrected chi connectivity index (χ0v) is 29.0. The molecule has 0 unspecified atom stereocenters. The Bertz CT molecular complexity index is 419. The third-order valence-corrected chi connectivity index (χ3v) is 8.78. The highest BCUT2D eigenvalue weighted by Crippen LogP contribution is 2.15. The third-order valence-electron chi connectivity index (χ3n) is 8.78. The fourth-order valence-corrected chi connectivity index (χ4v) is 5.95. The number of hydrogen-bond donors (Lipinski definition) is 1. The van der Waals surface area contributed by atoms with Crippen LogP contribution in [0.2, 0.25) is 0 Å². The molecule has 0 saturated heterocycles. The van der Waals surface area contributed by atoms with Gasteiger partial charge in [-0.3, -0.25) is 5.43 Å². The molecule has 0 amide bonds. The summed E-state index contributed by atoms with van der Waals surface area (Å²) >= 11 is 0. The summed E-state index contributed by atoms with van der Waals surface area (Å²) in [5.41, 5.74) is 3.85. The predicted molar refractivity (Wildman–Crippen MR) is 184 cm³/mol. The summed E-state index contributed by atoms with van der Waals surface area (Å²) in [5.74, 6) is 1.76. The van der Waals surface area contributed by atoms with E-state index in [1.165, 1.54) is 199 Å². The van der Waals surface area contributed by atoms with Crippen LogP contribution in [0.5, 0.6) is 0 Å². The van der Waals surface area contributed by atoms with Gasteiger partial charge in [-0.25, -0.2) is 5.01 Å². The summed E-state index contributed by atoms with van der Waals surface area (Å²) in [5, 5.41) is 2.60. The standard InChI is InChI=1S/C38H80N2/c1-6-7-8-9-10-11-14-19-24-29-34-39-40(35-30-25-20-15-12-17-22-27-32-37(2)3)36-31-26-21-16-13-18-23-28-33-38(4)5/h37-39H,6-36H2,1-5H3. The Morgan fingerprint density at radius 2 is 0.675 bits per heavy atom. The van der Waals surface area contributed by atoms with E-state index in [-0.39, 0.29) is 0 Å². The van der Waals surface area contributed by atoms with E-state index < -0.39 is 0 Å². The first-order valence-electron chi connectivity index (χ1n) is 19.0. The molecule has 0 rings (SSSR count). The van der Waals surface area contributed by atoms with E-state index in [0.29, 0.717) is 0 Å². The molecular formula is C38H80N2. The van der Waals surface area contributed by atoms with E-state index in [1.807, 2.05) is 0 Å². The third kappa shape index (κ3) is 34.1. The number of hydrogen-bond acceptors (Lipinski definition) is 2. The molecule has 0 aromatic rings. The van der Waals surface area contributed by atoms with Crippen LogP contribution in [0.3, 0.4) is 0 Å². The highest BCUT2D eigenvalue weighted by atomic mass is 15.5. The van der Waals surface area contributed by atoms with Crippen molar-refractivity contribution in [3.8, 4) is 0 Å². The predicted octanol–water partition coefficient (Wildman–Crippen LogP) is 13.0. The fourth-order valence-electron chi connectivity index (χ4n) is 5.95. The van der Waals surface area contributed by atoms with Crippen LogP contribution in [-0.4, -0.2) is 24.6 Å². The van der Waals surface area contributed by atoms with Gasteiger partial charge in [-0.15, -0.1) is 0 Å². The van der Waals surface area contributed by atoms with E-state index in [2.05, 4.69) is 45.1 Å². The Balaban J connectivity index is 3.92. The topological polar surface area (TPSA) is 15.3 Å². The summed E-state index contributed by atoms with van der Waals surface area (Å²) in [6, 6.07) is 0. The molecule has 242 valence electrons. The molecule has 0 spiro atoms. The smallest absolute Gasteiger partial charge is 0.0130 e.